The lowest BCUT2D eigenvalue weighted by Gasteiger charge is -2.29. The van der Waals surface area contributed by atoms with E-state index in [0.29, 0.717) is 12.0 Å². The Kier molecular flexibility index (Phi) is 10.4. The van der Waals surface area contributed by atoms with Crippen LogP contribution in [0.25, 0.3) is 10.9 Å². The number of halogens is 2. The number of fused-ring (bicyclic) bond motifs is 1. The second-order valence-corrected chi connectivity index (χ2v) is 12.5. The molecule has 2 fully saturated rings. The summed E-state index contributed by atoms with van der Waals surface area (Å²) in [5.41, 5.74) is 1.30. The van der Waals surface area contributed by atoms with Crippen molar-refractivity contribution in [2.75, 3.05) is 31.3 Å². The summed E-state index contributed by atoms with van der Waals surface area (Å²) in [6.45, 7) is 1.45. The molecular formula is C31H36ClFN4O5S. The number of Topliss-reactive ketones (excluding diaryl/α,β-unsaturated/α-hetero) is 1. The van der Waals surface area contributed by atoms with Crippen LogP contribution in [0.4, 0.5) is 10.1 Å². The number of aryl methyl sites for hydroxylation is 1. The zero-order valence-corrected chi connectivity index (χ0v) is 25.9. The minimum absolute atomic E-state index is 0.0311. The fraction of sp³-hybridized carbons (Fsp3) is 0.484. The number of rotatable bonds is 11. The number of carbonyl (C=O) groups is 3. The van der Waals surface area contributed by atoms with Crippen LogP contribution in [-0.4, -0.2) is 69.9 Å². The number of nitrogens with zero attached hydrogens (tertiary/aromatic N) is 3. The van der Waals surface area contributed by atoms with Crippen LogP contribution in [0.2, 0.25) is 5.02 Å². The average molecular weight is 631 g/mol. The van der Waals surface area contributed by atoms with Gasteiger partial charge in [0.25, 0.3) is 5.91 Å². The van der Waals surface area contributed by atoms with E-state index in [1.165, 1.54) is 25.1 Å². The van der Waals surface area contributed by atoms with Gasteiger partial charge >= 0.3 is 5.97 Å². The Hall–Kier alpha value is -2.99. The van der Waals surface area contributed by atoms with Gasteiger partial charge in [-0.2, -0.15) is 5.10 Å². The zero-order valence-electron chi connectivity index (χ0n) is 24.3. The number of carbonyl (C=O) groups excluding carboxylic acids is 3. The number of methoxy groups -OCH3 is 1. The van der Waals surface area contributed by atoms with E-state index in [2.05, 4.69) is 14.7 Å². The highest BCUT2D eigenvalue weighted by Crippen LogP contribution is 2.31. The fourth-order valence-electron chi connectivity index (χ4n) is 5.83. The van der Waals surface area contributed by atoms with E-state index < -0.39 is 11.7 Å². The third-order valence-corrected chi connectivity index (χ3v) is 9.77. The quantitative estimate of drug-likeness (QED) is 0.216. The molecule has 1 aliphatic carbocycles. The van der Waals surface area contributed by atoms with Crippen LogP contribution in [0.5, 0.6) is 0 Å². The molecule has 1 saturated heterocycles. The highest BCUT2D eigenvalue weighted by Gasteiger charge is 2.30. The van der Waals surface area contributed by atoms with E-state index in [4.69, 9.17) is 21.1 Å². The van der Waals surface area contributed by atoms with E-state index in [1.54, 1.807) is 17.8 Å². The van der Waals surface area contributed by atoms with Gasteiger partial charge in [-0.3, -0.25) is 19.1 Å². The lowest BCUT2D eigenvalue weighted by atomic mass is 9.87. The number of benzene rings is 2. The van der Waals surface area contributed by atoms with Crippen LogP contribution in [-0.2, 0) is 32.5 Å². The molecule has 1 atom stereocenters. The first-order valence-corrected chi connectivity index (χ1v) is 15.9. The normalized spacial score (nSPS) is 20.8. The minimum atomic E-state index is -0.613. The van der Waals surface area contributed by atoms with Crippen molar-refractivity contribution in [1.29, 1.82) is 0 Å². The molecule has 1 aromatic heterocycles. The Bertz CT molecular complexity index is 1490. The predicted molar refractivity (Wildman–Crippen MR) is 165 cm³/mol. The van der Waals surface area contributed by atoms with Crippen LogP contribution in [0, 0.1) is 11.7 Å². The number of para-hydroxylation sites is 1. The molecule has 0 radical (unpaired) electrons. The molecule has 0 spiro atoms. The summed E-state index contributed by atoms with van der Waals surface area (Å²) >= 11 is 7.86. The Morgan fingerprint density at radius 2 is 1.91 bits per heavy atom. The second kappa shape index (κ2) is 14.2. The molecule has 2 heterocycles. The Morgan fingerprint density at radius 1 is 1.14 bits per heavy atom. The molecule has 3 aromatic rings. The van der Waals surface area contributed by atoms with E-state index in [0.717, 1.165) is 56.7 Å². The van der Waals surface area contributed by atoms with Gasteiger partial charge in [0, 0.05) is 31.4 Å². The molecule has 43 heavy (non-hydrogen) atoms. The molecule has 2 aromatic carbocycles. The van der Waals surface area contributed by atoms with Crippen molar-refractivity contribution in [2.45, 2.75) is 57.1 Å². The maximum atomic E-state index is 15.0. The van der Waals surface area contributed by atoms with Crippen molar-refractivity contribution >= 4 is 57.8 Å². The van der Waals surface area contributed by atoms with Crippen molar-refractivity contribution in [3.05, 3.63) is 58.5 Å². The summed E-state index contributed by atoms with van der Waals surface area (Å²) in [6, 6.07) is 10.1. The maximum absolute atomic E-state index is 15.0. The number of hydrogen-bond donors (Lipinski definition) is 1. The molecule has 1 N–H and O–H groups in total. The van der Waals surface area contributed by atoms with Crippen LogP contribution < -0.4 is 5.32 Å². The molecule has 230 valence electrons. The maximum Gasteiger partial charge on any atom is 0.308 e. The van der Waals surface area contributed by atoms with Crippen molar-refractivity contribution in [3.8, 4) is 0 Å². The summed E-state index contributed by atoms with van der Waals surface area (Å²) in [5.74, 6) is -1.19. The van der Waals surface area contributed by atoms with Crippen LogP contribution in [0.1, 0.15) is 54.6 Å². The Balaban J connectivity index is 1.10. The van der Waals surface area contributed by atoms with Gasteiger partial charge in [0.1, 0.15) is 11.6 Å². The van der Waals surface area contributed by atoms with E-state index in [1.807, 2.05) is 18.2 Å². The lowest BCUT2D eigenvalue weighted by Crippen LogP contribution is -2.33. The first-order valence-electron chi connectivity index (χ1n) is 14.5. The van der Waals surface area contributed by atoms with Crippen molar-refractivity contribution in [2.24, 2.45) is 13.0 Å². The SMILES string of the molecule is COC(=O)C1CCC(OC[C@@H]2CCCN2SCC(=O)Cc2cc(Cl)c(NC(=O)c3nn(C)c4ccccc34)cc2F)CC1. The van der Waals surface area contributed by atoms with E-state index >= 15 is 4.39 Å². The van der Waals surface area contributed by atoms with Gasteiger partial charge < -0.3 is 14.8 Å². The Labute approximate surface area is 259 Å². The summed E-state index contributed by atoms with van der Waals surface area (Å²) in [5, 5.41) is 7.76. The van der Waals surface area contributed by atoms with Gasteiger partial charge in [-0.1, -0.05) is 41.7 Å². The molecule has 0 unspecified atom stereocenters. The molecule has 5 rings (SSSR count). The number of nitrogens with one attached hydrogen (secondary N) is 1. The number of hydrogen-bond acceptors (Lipinski definition) is 8. The highest BCUT2D eigenvalue weighted by molar-refractivity contribution is 7.97. The smallest absolute Gasteiger partial charge is 0.308 e. The summed E-state index contributed by atoms with van der Waals surface area (Å²) in [6.07, 6.45) is 5.30. The third-order valence-electron chi connectivity index (χ3n) is 8.19. The largest absolute Gasteiger partial charge is 0.469 e. The average Bonchev–Trinajstić information content (AvgIpc) is 3.61. The molecule has 0 bridgehead atoms. The minimum Gasteiger partial charge on any atom is -0.469 e. The van der Waals surface area contributed by atoms with Gasteiger partial charge in [-0.15, -0.1) is 0 Å². The number of ether oxygens (including phenoxy) is 2. The van der Waals surface area contributed by atoms with Crippen molar-refractivity contribution in [3.63, 3.8) is 0 Å². The van der Waals surface area contributed by atoms with Gasteiger partial charge in [0.2, 0.25) is 0 Å². The number of ketones is 1. The number of anilines is 1. The molecule has 2 aliphatic rings. The molecule has 1 aliphatic heterocycles. The van der Waals surface area contributed by atoms with E-state index in [9.17, 15) is 14.4 Å². The first-order chi connectivity index (χ1) is 20.7. The molecular weight excluding hydrogens is 595 g/mol. The molecule has 9 nitrogen and oxygen atoms in total. The van der Waals surface area contributed by atoms with Gasteiger partial charge in [0.15, 0.2) is 5.69 Å². The Morgan fingerprint density at radius 3 is 2.67 bits per heavy atom. The van der Waals surface area contributed by atoms with Gasteiger partial charge in [-0.05, 0) is 62.3 Å². The molecule has 1 amide bonds. The summed E-state index contributed by atoms with van der Waals surface area (Å²) in [7, 11) is 3.17. The number of amides is 1. The topological polar surface area (TPSA) is 103 Å². The number of esters is 1. The van der Waals surface area contributed by atoms with Crippen molar-refractivity contribution in [1.82, 2.24) is 14.1 Å². The van der Waals surface area contributed by atoms with Crippen LogP contribution in [0.3, 0.4) is 0 Å². The van der Waals surface area contributed by atoms with Crippen LogP contribution >= 0.6 is 23.5 Å². The first kappa shape index (κ1) is 31.4. The summed E-state index contributed by atoms with van der Waals surface area (Å²) in [4.78, 5) is 37.5. The van der Waals surface area contributed by atoms with Crippen LogP contribution in [0.15, 0.2) is 36.4 Å². The second-order valence-electron chi connectivity index (χ2n) is 11.1. The monoisotopic (exact) mass is 630 g/mol. The number of aromatic nitrogens is 2. The molecule has 1 saturated carbocycles. The lowest BCUT2D eigenvalue weighted by molar-refractivity contribution is -0.147. The van der Waals surface area contributed by atoms with E-state index in [-0.39, 0.29) is 64.0 Å². The van der Waals surface area contributed by atoms with Gasteiger partial charge in [-0.25, -0.2) is 8.70 Å². The third kappa shape index (κ3) is 7.57. The molecule has 12 heteroatoms. The summed E-state index contributed by atoms with van der Waals surface area (Å²) < 4.78 is 29.9. The fourth-order valence-corrected chi connectivity index (χ4v) is 7.11. The highest BCUT2D eigenvalue weighted by atomic mass is 35.5. The zero-order chi connectivity index (χ0) is 30.5. The standard InChI is InChI=1S/C31H36ClFN4O5S/c1-36-28-8-4-3-7-24(28)29(35-36)30(39)34-27-16-26(33)20(15-25(27)32)14-22(38)18-43-37-13-5-6-21(37)17-42-23-11-9-19(10-12-23)31(40)41-2/h3-4,7-8,15-16,19,21,23H,5-6,9-14,17-18H2,1-2H3,(H,34,39)/t19?,21-,23?/m0/s1. The van der Waals surface area contributed by atoms with Gasteiger partial charge in [0.05, 0.1) is 47.7 Å². The predicted octanol–water partition coefficient (Wildman–Crippen LogP) is 5.59. The van der Waals surface area contributed by atoms with Crippen molar-refractivity contribution < 1.29 is 28.2 Å².